The lowest BCUT2D eigenvalue weighted by Gasteiger charge is -2.12. The Kier molecular flexibility index (Phi) is 31.4. The summed E-state index contributed by atoms with van der Waals surface area (Å²) in [7, 11) is 0. The summed E-state index contributed by atoms with van der Waals surface area (Å²) in [6.07, 6.45) is 3.89. The minimum absolute atomic E-state index is 0.0278. The first kappa shape index (κ1) is 27.9. The average Bonchev–Trinajstić information content (AvgIpc) is 2.57. The molecule has 0 saturated heterocycles. The van der Waals surface area contributed by atoms with Gasteiger partial charge in [-0.25, -0.2) is 4.79 Å². The van der Waals surface area contributed by atoms with E-state index in [2.05, 4.69) is 18.6 Å². The zero-order valence-electron chi connectivity index (χ0n) is 16.0. The van der Waals surface area contributed by atoms with E-state index in [0.29, 0.717) is 25.7 Å². The summed E-state index contributed by atoms with van der Waals surface area (Å²) in [5.41, 5.74) is 4.86. The first-order valence-corrected chi connectivity index (χ1v) is 8.83. The summed E-state index contributed by atoms with van der Waals surface area (Å²) in [5, 5.41) is 16.2. The van der Waals surface area contributed by atoms with Crippen molar-refractivity contribution in [2.24, 2.45) is 11.7 Å². The molecule has 0 rings (SSSR count). The van der Waals surface area contributed by atoms with Crippen LogP contribution in [0.3, 0.4) is 0 Å². The fraction of sp³-hybridized carbons (Fsp3) is 0.941. The average molecular weight is 354 g/mol. The van der Waals surface area contributed by atoms with Gasteiger partial charge in [0.25, 0.3) is 0 Å². The molecule has 0 saturated carbocycles. The van der Waals surface area contributed by atoms with Gasteiger partial charge in [0.2, 0.25) is 0 Å². The van der Waals surface area contributed by atoms with E-state index >= 15 is 0 Å². The van der Waals surface area contributed by atoms with Gasteiger partial charge in [0, 0.05) is 13.2 Å². The number of carbonyl (C=O) groups excluding carboxylic acids is 1. The molecule has 0 bridgehead atoms. The standard InChI is InChI=1S/C9H19NO2.C4H10O3.C4H10O/c1-3-5-6-8(4-2)7-12-9(10)11;5-1-3-7-4-2-6;1-3-5-4-2/h8H,3-7H2,1-2H3,(H2,10,11);5-6H,1-4H2;3-4H2,1-2H3. The van der Waals surface area contributed by atoms with Gasteiger partial charge in [0.15, 0.2) is 0 Å². The molecule has 1 unspecified atom stereocenters. The molecule has 4 N–H and O–H groups in total. The first-order chi connectivity index (χ1) is 11.5. The van der Waals surface area contributed by atoms with Gasteiger partial charge in [-0.1, -0.05) is 33.1 Å². The third kappa shape index (κ3) is 32.9. The van der Waals surface area contributed by atoms with Crippen LogP contribution in [0.25, 0.3) is 0 Å². The molecule has 24 heavy (non-hydrogen) atoms. The molecule has 0 spiro atoms. The number of hydrogen-bond acceptors (Lipinski definition) is 6. The largest absolute Gasteiger partial charge is 0.449 e. The fourth-order valence-corrected chi connectivity index (χ4v) is 1.53. The fourth-order valence-electron chi connectivity index (χ4n) is 1.53. The minimum Gasteiger partial charge on any atom is -0.449 e. The number of ether oxygens (including phenoxy) is 3. The van der Waals surface area contributed by atoms with E-state index in [1.807, 2.05) is 13.8 Å². The summed E-state index contributed by atoms with van der Waals surface area (Å²) in [4.78, 5) is 10.3. The minimum atomic E-state index is -0.662. The van der Waals surface area contributed by atoms with Crippen molar-refractivity contribution in [2.45, 2.75) is 53.4 Å². The molecular weight excluding hydrogens is 314 g/mol. The summed E-state index contributed by atoms with van der Waals surface area (Å²) in [6, 6.07) is 0. The Labute approximate surface area is 147 Å². The van der Waals surface area contributed by atoms with Crippen LogP contribution in [-0.4, -0.2) is 62.6 Å². The number of nitrogens with two attached hydrogens (primary N) is 1. The molecule has 0 aliphatic carbocycles. The van der Waals surface area contributed by atoms with Crippen LogP contribution >= 0.6 is 0 Å². The molecule has 0 radical (unpaired) electrons. The Morgan fingerprint density at radius 2 is 1.54 bits per heavy atom. The van der Waals surface area contributed by atoms with Crippen LogP contribution in [0.5, 0.6) is 0 Å². The molecule has 0 heterocycles. The first-order valence-electron chi connectivity index (χ1n) is 8.83. The van der Waals surface area contributed by atoms with Crippen molar-refractivity contribution in [2.75, 3.05) is 46.2 Å². The van der Waals surface area contributed by atoms with Gasteiger partial charge < -0.3 is 30.2 Å². The number of primary amides is 1. The molecule has 0 fully saturated rings. The molecule has 0 aromatic rings. The number of amides is 1. The third-order valence-electron chi connectivity index (χ3n) is 2.88. The highest BCUT2D eigenvalue weighted by Crippen LogP contribution is 2.12. The maximum atomic E-state index is 10.3. The number of aliphatic hydroxyl groups is 2. The molecule has 1 atom stereocenters. The van der Waals surface area contributed by atoms with Crippen molar-refractivity contribution in [3.63, 3.8) is 0 Å². The van der Waals surface area contributed by atoms with E-state index in [9.17, 15) is 4.79 Å². The highest BCUT2D eigenvalue weighted by atomic mass is 16.5. The van der Waals surface area contributed by atoms with Crippen LogP contribution in [0.2, 0.25) is 0 Å². The SMILES string of the molecule is CCCCC(CC)COC(N)=O.CCOCC.OCCOCCO. The number of carbonyl (C=O) groups is 1. The van der Waals surface area contributed by atoms with E-state index in [1.165, 1.54) is 12.8 Å². The van der Waals surface area contributed by atoms with E-state index in [1.54, 1.807) is 0 Å². The van der Waals surface area contributed by atoms with Gasteiger partial charge >= 0.3 is 6.09 Å². The maximum Gasteiger partial charge on any atom is 0.404 e. The van der Waals surface area contributed by atoms with E-state index in [0.717, 1.165) is 26.1 Å². The molecule has 0 aliphatic heterocycles. The highest BCUT2D eigenvalue weighted by molar-refractivity contribution is 5.64. The normalized spacial score (nSPS) is 10.8. The molecule has 7 heteroatoms. The second-order valence-corrected chi connectivity index (χ2v) is 4.89. The van der Waals surface area contributed by atoms with Crippen LogP contribution in [0.1, 0.15) is 53.4 Å². The molecule has 0 aromatic heterocycles. The van der Waals surface area contributed by atoms with Crippen molar-refractivity contribution in [1.29, 1.82) is 0 Å². The smallest absolute Gasteiger partial charge is 0.404 e. The van der Waals surface area contributed by atoms with Gasteiger partial charge in [0.1, 0.15) is 0 Å². The van der Waals surface area contributed by atoms with Crippen LogP contribution in [-0.2, 0) is 14.2 Å². The number of hydrogen-bond donors (Lipinski definition) is 3. The molecule has 0 aromatic carbocycles. The van der Waals surface area contributed by atoms with Crippen LogP contribution in [0, 0.1) is 5.92 Å². The lowest BCUT2D eigenvalue weighted by atomic mass is 10.0. The summed E-state index contributed by atoms with van der Waals surface area (Å²) in [6.45, 7) is 11.1. The van der Waals surface area contributed by atoms with Crippen molar-refractivity contribution >= 4 is 6.09 Å². The Balaban J connectivity index is -0.000000311. The second kappa shape index (κ2) is 27.0. The highest BCUT2D eigenvalue weighted by Gasteiger charge is 2.07. The maximum absolute atomic E-state index is 10.3. The summed E-state index contributed by atoms with van der Waals surface area (Å²) < 4.78 is 14.2. The predicted molar refractivity (Wildman–Crippen MR) is 96.0 cm³/mol. The molecular formula is C17H39NO6. The van der Waals surface area contributed by atoms with Crippen LogP contribution in [0.15, 0.2) is 0 Å². The van der Waals surface area contributed by atoms with Crippen molar-refractivity contribution < 1.29 is 29.2 Å². The zero-order chi connectivity index (χ0) is 19.1. The predicted octanol–water partition coefficient (Wildman–Crippen LogP) is 2.33. The van der Waals surface area contributed by atoms with Gasteiger partial charge in [-0.3, -0.25) is 0 Å². The Bertz CT molecular complexity index is 223. The Morgan fingerprint density at radius 1 is 1.00 bits per heavy atom. The van der Waals surface area contributed by atoms with E-state index < -0.39 is 6.09 Å². The number of aliphatic hydroxyl groups excluding tert-OH is 2. The lowest BCUT2D eigenvalue weighted by molar-refractivity contribution is 0.0650. The van der Waals surface area contributed by atoms with Crippen LogP contribution < -0.4 is 5.73 Å². The Morgan fingerprint density at radius 3 is 1.83 bits per heavy atom. The molecule has 1 amide bonds. The summed E-state index contributed by atoms with van der Waals surface area (Å²) in [5.74, 6) is 0.484. The molecule has 7 nitrogen and oxygen atoms in total. The second-order valence-electron chi connectivity index (χ2n) is 4.89. The molecule has 0 aliphatic rings. The van der Waals surface area contributed by atoms with Crippen molar-refractivity contribution in [3.8, 4) is 0 Å². The van der Waals surface area contributed by atoms with Crippen LogP contribution in [0.4, 0.5) is 4.79 Å². The number of unbranched alkanes of at least 4 members (excludes halogenated alkanes) is 1. The van der Waals surface area contributed by atoms with Crippen molar-refractivity contribution in [1.82, 2.24) is 0 Å². The topological polar surface area (TPSA) is 111 Å². The quantitative estimate of drug-likeness (QED) is 0.464. The van der Waals surface area contributed by atoms with Gasteiger partial charge in [-0.15, -0.1) is 0 Å². The van der Waals surface area contributed by atoms with Gasteiger partial charge in [-0.05, 0) is 26.2 Å². The van der Waals surface area contributed by atoms with Crippen molar-refractivity contribution in [3.05, 3.63) is 0 Å². The van der Waals surface area contributed by atoms with E-state index in [4.69, 9.17) is 25.4 Å². The third-order valence-corrected chi connectivity index (χ3v) is 2.88. The summed E-state index contributed by atoms with van der Waals surface area (Å²) >= 11 is 0. The number of rotatable bonds is 12. The zero-order valence-corrected chi connectivity index (χ0v) is 16.0. The monoisotopic (exact) mass is 353 g/mol. The molecule has 148 valence electrons. The van der Waals surface area contributed by atoms with Gasteiger partial charge in [-0.2, -0.15) is 0 Å². The lowest BCUT2D eigenvalue weighted by Crippen LogP contribution is -2.18. The Hall–Kier alpha value is -0.890. The van der Waals surface area contributed by atoms with E-state index in [-0.39, 0.29) is 13.2 Å². The van der Waals surface area contributed by atoms with Gasteiger partial charge in [0.05, 0.1) is 33.0 Å².